The van der Waals surface area contributed by atoms with E-state index in [-0.39, 0.29) is 0 Å². The summed E-state index contributed by atoms with van der Waals surface area (Å²) in [5.74, 6) is 0.714. The van der Waals surface area contributed by atoms with Gasteiger partial charge in [-0.1, -0.05) is 169 Å². The van der Waals surface area contributed by atoms with Crippen molar-refractivity contribution in [3.63, 3.8) is 0 Å². The van der Waals surface area contributed by atoms with E-state index in [0.717, 1.165) is 44.9 Å². The summed E-state index contributed by atoms with van der Waals surface area (Å²) < 4.78 is 0. The number of rotatable bonds is 4. The first-order chi connectivity index (χ1) is 25.2. The SMILES string of the molecule is Nc1cccc2c1-c1ccccc1C21c2ccccc2Sc2c(-c3ccc(-c4cc(-c5ccccc5)nc(-c5ccccc5)n4)cc3)cccc21. The van der Waals surface area contributed by atoms with Gasteiger partial charge in [-0.15, -0.1) is 0 Å². The molecule has 1 spiro atoms. The molecule has 1 aliphatic heterocycles. The van der Waals surface area contributed by atoms with E-state index in [1.165, 1.54) is 43.2 Å². The van der Waals surface area contributed by atoms with Gasteiger partial charge in [0.2, 0.25) is 0 Å². The van der Waals surface area contributed by atoms with Gasteiger partial charge in [0.05, 0.1) is 16.8 Å². The third-order valence-electron chi connectivity index (χ3n) is 10.3. The highest BCUT2D eigenvalue weighted by Crippen LogP contribution is 2.64. The number of hydrogen-bond donors (Lipinski definition) is 1. The Morgan fingerprint density at radius 2 is 0.980 bits per heavy atom. The molecular weight excluding hydrogens is 639 g/mol. The highest BCUT2D eigenvalue weighted by atomic mass is 32.2. The summed E-state index contributed by atoms with van der Waals surface area (Å²) in [5.41, 5.74) is 21.9. The summed E-state index contributed by atoms with van der Waals surface area (Å²) in [5, 5.41) is 0. The van der Waals surface area contributed by atoms with E-state index in [9.17, 15) is 0 Å². The molecule has 2 aliphatic rings. The van der Waals surface area contributed by atoms with Crippen molar-refractivity contribution in [3.05, 3.63) is 198 Å². The summed E-state index contributed by atoms with van der Waals surface area (Å²) in [6.07, 6.45) is 0. The lowest BCUT2D eigenvalue weighted by Crippen LogP contribution is -2.32. The van der Waals surface area contributed by atoms with Gasteiger partial charge < -0.3 is 5.73 Å². The van der Waals surface area contributed by atoms with E-state index in [1.54, 1.807) is 0 Å². The van der Waals surface area contributed by atoms with Crippen LogP contribution >= 0.6 is 11.8 Å². The normalized spacial score (nSPS) is 15.1. The van der Waals surface area contributed by atoms with Crippen molar-refractivity contribution in [2.45, 2.75) is 15.2 Å². The number of benzene rings is 7. The Hall–Kier alpha value is -6.23. The molecule has 3 nitrogen and oxygen atoms in total. The largest absolute Gasteiger partial charge is 0.398 e. The zero-order valence-corrected chi connectivity index (χ0v) is 28.4. The Labute approximate surface area is 301 Å². The average molecular weight is 670 g/mol. The standard InChI is InChI=1S/C47H31N3S/c48-40-23-12-21-38-44(40)35-17-7-8-19-36(35)47(38)37-20-9-10-24-43(37)51-45-34(18-11-22-39(45)47)30-25-27-32(28-26-30)42-29-41(31-13-3-1-4-14-31)49-46(50-42)33-15-5-2-6-16-33/h1-29H,48H2. The highest BCUT2D eigenvalue weighted by Gasteiger charge is 2.51. The molecule has 240 valence electrons. The molecule has 10 rings (SSSR count). The molecule has 0 saturated carbocycles. The molecule has 2 N–H and O–H groups in total. The minimum absolute atomic E-state index is 0.475. The second kappa shape index (κ2) is 11.7. The van der Waals surface area contributed by atoms with Gasteiger partial charge >= 0.3 is 0 Å². The van der Waals surface area contributed by atoms with Gasteiger partial charge in [0.15, 0.2) is 5.82 Å². The molecule has 1 aliphatic carbocycles. The van der Waals surface area contributed by atoms with Gasteiger partial charge in [-0.25, -0.2) is 9.97 Å². The van der Waals surface area contributed by atoms with Crippen LogP contribution in [0.1, 0.15) is 22.3 Å². The molecule has 2 heterocycles. The van der Waals surface area contributed by atoms with Crippen LogP contribution in [0.5, 0.6) is 0 Å². The van der Waals surface area contributed by atoms with Gasteiger partial charge in [-0.3, -0.25) is 0 Å². The molecule has 0 radical (unpaired) electrons. The predicted octanol–water partition coefficient (Wildman–Crippen LogP) is 11.6. The summed E-state index contributed by atoms with van der Waals surface area (Å²) in [6, 6.07) is 62.4. The number of hydrogen-bond acceptors (Lipinski definition) is 4. The van der Waals surface area contributed by atoms with Crippen LogP contribution in [0.15, 0.2) is 186 Å². The molecular formula is C47H31N3S. The Morgan fingerprint density at radius 1 is 0.431 bits per heavy atom. The summed E-state index contributed by atoms with van der Waals surface area (Å²) >= 11 is 1.87. The molecule has 51 heavy (non-hydrogen) atoms. The lowest BCUT2D eigenvalue weighted by atomic mass is 9.67. The zero-order chi connectivity index (χ0) is 33.9. The molecule has 1 atom stereocenters. The Balaban J connectivity index is 1.13. The molecule has 1 aromatic heterocycles. The van der Waals surface area contributed by atoms with Crippen molar-refractivity contribution in [1.29, 1.82) is 0 Å². The molecule has 0 bridgehead atoms. The molecule has 1 unspecified atom stereocenters. The van der Waals surface area contributed by atoms with E-state index >= 15 is 0 Å². The lowest BCUT2D eigenvalue weighted by Gasteiger charge is -2.40. The molecule has 4 heteroatoms. The Bertz CT molecular complexity index is 2560. The minimum atomic E-state index is -0.475. The summed E-state index contributed by atoms with van der Waals surface area (Å²) in [7, 11) is 0. The fourth-order valence-corrected chi connectivity index (χ4v) is 9.44. The topological polar surface area (TPSA) is 51.8 Å². The Morgan fingerprint density at radius 3 is 1.75 bits per heavy atom. The van der Waals surface area contributed by atoms with Crippen LogP contribution in [0.25, 0.3) is 56.2 Å². The summed E-state index contributed by atoms with van der Waals surface area (Å²) in [6.45, 7) is 0. The van der Waals surface area contributed by atoms with Crippen molar-refractivity contribution in [2.75, 3.05) is 5.73 Å². The van der Waals surface area contributed by atoms with Gasteiger partial charge in [0.25, 0.3) is 0 Å². The molecule has 0 amide bonds. The first-order valence-corrected chi connectivity index (χ1v) is 18.0. The molecule has 0 saturated heterocycles. The van der Waals surface area contributed by atoms with Crippen LogP contribution in [0, 0.1) is 0 Å². The quantitative estimate of drug-likeness (QED) is 0.190. The maximum Gasteiger partial charge on any atom is 0.160 e. The Kier molecular flexibility index (Phi) is 6.80. The van der Waals surface area contributed by atoms with Gasteiger partial charge in [-0.2, -0.15) is 0 Å². The zero-order valence-electron chi connectivity index (χ0n) is 27.6. The van der Waals surface area contributed by atoms with Gasteiger partial charge in [0.1, 0.15) is 0 Å². The number of nitrogens with two attached hydrogens (primary N) is 1. The maximum atomic E-state index is 6.77. The van der Waals surface area contributed by atoms with Crippen LogP contribution in [0.2, 0.25) is 0 Å². The van der Waals surface area contributed by atoms with Crippen molar-refractivity contribution < 1.29 is 0 Å². The fourth-order valence-electron chi connectivity index (χ4n) is 8.12. The average Bonchev–Trinajstić information content (AvgIpc) is 3.50. The number of aromatic nitrogens is 2. The van der Waals surface area contributed by atoms with Crippen molar-refractivity contribution in [2.24, 2.45) is 0 Å². The van der Waals surface area contributed by atoms with Crippen LogP contribution in [-0.4, -0.2) is 9.97 Å². The third-order valence-corrected chi connectivity index (χ3v) is 11.6. The van der Waals surface area contributed by atoms with Gasteiger partial charge in [0, 0.05) is 37.7 Å². The molecule has 8 aromatic rings. The number of fused-ring (bicyclic) bond motifs is 9. The van der Waals surface area contributed by atoms with Crippen LogP contribution in [0.3, 0.4) is 0 Å². The van der Waals surface area contributed by atoms with E-state index in [2.05, 4.69) is 133 Å². The second-order valence-electron chi connectivity index (χ2n) is 13.1. The van der Waals surface area contributed by atoms with E-state index < -0.39 is 5.41 Å². The predicted molar refractivity (Wildman–Crippen MR) is 210 cm³/mol. The van der Waals surface area contributed by atoms with Crippen LogP contribution in [-0.2, 0) is 5.41 Å². The van der Waals surface area contributed by atoms with Crippen molar-refractivity contribution in [1.82, 2.24) is 9.97 Å². The smallest absolute Gasteiger partial charge is 0.160 e. The van der Waals surface area contributed by atoms with Crippen molar-refractivity contribution in [3.8, 4) is 56.2 Å². The van der Waals surface area contributed by atoms with E-state index in [1.807, 2.05) is 54.2 Å². The second-order valence-corrected chi connectivity index (χ2v) is 14.2. The fraction of sp³-hybridized carbons (Fsp3) is 0.0213. The number of nitrogens with zero attached hydrogens (tertiary/aromatic N) is 2. The number of anilines is 1. The maximum absolute atomic E-state index is 6.77. The van der Waals surface area contributed by atoms with E-state index in [0.29, 0.717) is 5.82 Å². The lowest BCUT2D eigenvalue weighted by molar-refractivity contribution is 0.723. The first-order valence-electron chi connectivity index (χ1n) is 17.2. The molecule has 0 fully saturated rings. The van der Waals surface area contributed by atoms with Crippen LogP contribution < -0.4 is 5.73 Å². The van der Waals surface area contributed by atoms with Gasteiger partial charge in [-0.05, 0) is 57.1 Å². The minimum Gasteiger partial charge on any atom is -0.398 e. The first kappa shape index (κ1) is 29.7. The van der Waals surface area contributed by atoms with Crippen molar-refractivity contribution >= 4 is 17.4 Å². The summed E-state index contributed by atoms with van der Waals surface area (Å²) in [4.78, 5) is 12.6. The number of nitrogen functional groups attached to an aromatic ring is 1. The van der Waals surface area contributed by atoms with E-state index in [4.69, 9.17) is 15.7 Å². The van der Waals surface area contributed by atoms with Crippen LogP contribution in [0.4, 0.5) is 5.69 Å². The molecule has 7 aromatic carbocycles. The third kappa shape index (κ3) is 4.53. The highest BCUT2D eigenvalue weighted by molar-refractivity contribution is 7.99. The monoisotopic (exact) mass is 669 g/mol.